The second-order valence-electron chi connectivity index (χ2n) is 4.58. The van der Waals surface area contributed by atoms with Crippen molar-refractivity contribution >= 4 is 0 Å². The molecule has 0 aliphatic heterocycles. The Hall–Kier alpha value is -2.90. The highest BCUT2D eigenvalue weighted by atomic mass is 19.2. The molecule has 1 N–H and O–H groups in total. The molecule has 0 saturated heterocycles. The van der Waals surface area contributed by atoms with Gasteiger partial charge in [-0.3, -0.25) is 0 Å². The summed E-state index contributed by atoms with van der Waals surface area (Å²) < 4.78 is 68.1. The van der Waals surface area contributed by atoms with Crippen molar-refractivity contribution in [1.29, 1.82) is 0 Å². The summed E-state index contributed by atoms with van der Waals surface area (Å²) in [4.78, 5) is 0. The molecule has 0 atom stereocenters. The van der Waals surface area contributed by atoms with E-state index in [0.717, 1.165) is 10.7 Å². The lowest BCUT2D eigenvalue weighted by atomic mass is 10.1. The van der Waals surface area contributed by atoms with E-state index in [9.17, 15) is 27.1 Å². The van der Waals surface area contributed by atoms with Crippen LogP contribution in [-0.2, 0) is 0 Å². The molecule has 0 aliphatic carbocycles. The van der Waals surface area contributed by atoms with Gasteiger partial charge in [0.2, 0.25) is 11.7 Å². The van der Waals surface area contributed by atoms with Crippen LogP contribution in [0.2, 0.25) is 0 Å². The van der Waals surface area contributed by atoms with Crippen molar-refractivity contribution in [3.8, 4) is 22.8 Å². The smallest absolute Gasteiger partial charge is 0.214 e. The number of halogens is 5. The summed E-state index contributed by atoms with van der Waals surface area (Å²) in [5.41, 5.74) is -1.44. The average molecular weight is 326 g/mol. The van der Waals surface area contributed by atoms with E-state index >= 15 is 0 Å². The van der Waals surface area contributed by atoms with Crippen LogP contribution >= 0.6 is 0 Å². The Morgan fingerprint density at radius 1 is 0.783 bits per heavy atom. The molecule has 3 nitrogen and oxygen atoms in total. The zero-order valence-corrected chi connectivity index (χ0v) is 11.2. The van der Waals surface area contributed by atoms with Gasteiger partial charge >= 0.3 is 0 Å². The molecular formula is C15H7F5N2O. The van der Waals surface area contributed by atoms with Crippen LogP contribution in [0.5, 0.6) is 5.88 Å². The van der Waals surface area contributed by atoms with Crippen LogP contribution in [0, 0.1) is 29.1 Å². The maximum absolute atomic E-state index is 13.8. The van der Waals surface area contributed by atoms with Crippen LogP contribution in [0.1, 0.15) is 0 Å². The topological polar surface area (TPSA) is 38.1 Å². The predicted molar refractivity (Wildman–Crippen MR) is 70.5 cm³/mol. The van der Waals surface area contributed by atoms with Crippen LogP contribution < -0.4 is 0 Å². The number of hydrogen-bond acceptors (Lipinski definition) is 2. The molecule has 0 amide bonds. The molecule has 118 valence electrons. The van der Waals surface area contributed by atoms with E-state index in [1.165, 1.54) is 12.1 Å². The monoisotopic (exact) mass is 326 g/mol. The summed E-state index contributed by atoms with van der Waals surface area (Å²) in [5.74, 6) is -11.0. The average Bonchev–Trinajstić information content (AvgIpc) is 2.93. The first kappa shape index (κ1) is 15.0. The molecule has 0 bridgehead atoms. The Bertz CT molecular complexity index is 864. The van der Waals surface area contributed by atoms with Crippen molar-refractivity contribution in [2.45, 2.75) is 0 Å². The molecule has 0 unspecified atom stereocenters. The quantitative estimate of drug-likeness (QED) is 0.440. The summed E-state index contributed by atoms with van der Waals surface area (Å²) in [6, 6.07) is 8.81. The van der Waals surface area contributed by atoms with Crippen LogP contribution in [0.4, 0.5) is 22.0 Å². The molecule has 23 heavy (non-hydrogen) atoms. The minimum atomic E-state index is -2.25. The molecule has 1 aromatic heterocycles. The van der Waals surface area contributed by atoms with Gasteiger partial charge in [0.05, 0.1) is 11.3 Å². The van der Waals surface area contributed by atoms with Crippen molar-refractivity contribution < 1.29 is 27.1 Å². The maximum atomic E-state index is 13.8. The van der Waals surface area contributed by atoms with E-state index in [-0.39, 0.29) is 0 Å². The Balaban J connectivity index is 2.22. The third kappa shape index (κ3) is 2.32. The Morgan fingerprint density at radius 3 is 1.87 bits per heavy atom. The number of aromatic hydroxyl groups is 1. The van der Waals surface area contributed by atoms with E-state index in [2.05, 4.69) is 5.10 Å². The van der Waals surface area contributed by atoms with Crippen LogP contribution in [0.15, 0.2) is 36.4 Å². The van der Waals surface area contributed by atoms with Gasteiger partial charge in [0, 0.05) is 6.07 Å². The summed E-state index contributed by atoms with van der Waals surface area (Å²) in [7, 11) is 0. The van der Waals surface area contributed by atoms with E-state index < -0.39 is 46.2 Å². The van der Waals surface area contributed by atoms with Gasteiger partial charge in [-0.1, -0.05) is 18.2 Å². The van der Waals surface area contributed by atoms with E-state index in [4.69, 9.17) is 0 Å². The fraction of sp³-hybridized carbons (Fsp3) is 0. The van der Waals surface area contributed by atoms with Gasteiger partial charge in [-0.25, -0.2) is 26.6 Å². The molecule has 0 fully saturated rings. The minimum absolute atomic E-state index is 0.347. The first-order chi connectivity index (χ1) is 10.9. The first-order valence-corrected chi connectivity index (χ1v) is 6.28. The number of hydrogen-bond donors (Lipinski definition) is 1. The molecular weight excluding hydrogens is 319 g/mol. The van der Waals surface area contributed by atoms with E-state index in [1.807, 2.05) is 0 Å². The molecule has 0 spiro atoms. The number of benzene rings is 2. The fourth-order valence-electron chi connectivity index (χ4n) is 2.08. The number of rotatable bonds is 2. The minimum Gasteiger partial charge on any atom is -0.493 e. The predicted octanol–water partition coefficient (Wildman–Crippen LogP) is 3.94. The van der Waals surface area contributed by atoms with Crippen molar-refractivity contribution in [1.82, 2.24) is 9.78 Å². The molecule has 0 radical (unpaired) electrons. The highest BCUT2D eigenvalue weighted by Crippen LogP contribution is 2.33. The molecule has 1 heterocycles. The van der Waals surface area contributed by atoms with Gasteiger partial charge in [0.15, 0.2) is 23.3 Å². The Kier molecular flexibility index (Phi) is 3.51. The Morgan fingerprint density at radius 2 is 1.30 bits per heavy atom. The lowest BCUT2D eigenvalue weighted by Crippen LogP contribution is -2.04. The second kappa shape index (κ2) is 5.38. The molecule has 2 aromatic carbocycles. The number of aromatic nitrogens is 2. The van der Waals surface area contributed by atoms with Crippen molar-refractivity contribution in [3.63, 3.8) is 0 Å². The number of nitrogens with zero attached hydrogens (tertiary/aromatic N) is 2. The number of para-hydroxylation sites is 1. The summed E-state index contributed by atoms with van der Waals surface area (Å²) >= 11 is 0. The van der Waals surface area contributed by atoms with Crippen LogP contribution in [0.25, 0.3) is 16.9 Å². The maximum Gasteiger partial charge on any atom is 0.214 e. The van der Waals surface area contributed by atoms with Crippen molar-refractivity contribution in [2.24, 2.45) is 0 Å². The normalized spacial score (nSPS) is 11.0. The lowest BCUT2D eigenvalue weighted by Gasteiger charge is -2.05. The second-order valence-corrected chi connectivity index (χ2v) is 4.58. The first-order valence-electron chi connectivity index (χ1n) is 6.28. The van der Waals surface area contributed by atoms with E-state index in [0.29, 0.717) is 5.69 Å². The fourth-order valence-corrected chi connectivity index (χ4v) is 2.08. The highest BCUT2D eigenvalue weighted by Gasteiger charge is 2.28. The molecule has 8 heteroatoms. The highest BCUT2D eigenvalue weighted by molar-refractivity contribution is 5.63. The zero-order chi connectivity index (χ0) is 16.7. The molecule has 3 rings (SSSR count). The third-order valence-electron chi connectivity index (χ3n) is 3.16. The van der Waals surface area contributed by atoms with Gasteiger partial charge in [0.1, 0.15) is 5.69 Å². The third-order valence-corrected chi connectivity index (χ3v) is 3.16. The van der Waals surface area contributed by atoms with Gasteiger partial charge in [-0.15, -0.1) is 0 Å². The van der Waals surface area contributed by atoms with Crippen molar-refractivity contribution in [3.05, 3.63) is 65.5 Å². The molecule has 0 aliphatic rings. The summed E-state index contributed by atoms with van der Waals surface area (Å²) in [6.45, 7) is 0. The molecule has 0 saturated carbocycles. The Labute approximate surface area is 126 Å². The van der Waals surface area contributed by atoms with E-state index in [1.54, 1.807) is 18.2 Å². The zero-order valence-electron chi connectivity index (χ0n) is 11.2. The summed E-state index contributed by atoms with van der Waals surface area (Å²) in [5, 5.41) is 13.5. The summed E-state index contributed by atoms with van der Waals surface area (Å²) in [6.07, 6.45) is 0. The van der Waals surface area contributed by atoms with Crippen LogP contribution in [-0.4, -0.2) is 14.9 Å². The van der Waals surface area contributed by atoms with Gasteiger partial charge in [0.25, 0.3) is 0 Å². The largest absolute Gasteiger partial charge is 0.493 e. The van der Waals surface area contributed by atoms with Crippen molar-refractivity contribution in [2.75, 3.05) is 0 Å². The van der Waals surface area contributed by atoms with Gasteiger partial charge < -0.3 is 5.11 Å². The lowest BCUT2D eigenvalue weighted by molar-refractivity contribution is 0.381. The van der Waals surface area contributed by atoms with Gasteiger partial charge in [-0.05, 0) is 12.1 Å². The molecule has 3 aromatic rings. The van der Waals surface area contributed by atoms with Crippen LogP contribution in [0.3, 0.4) is 0 Å². The SMILES string of the molecule is Oc1cc(-c2c(F)c(F)c(F)c(F)c2F)nn1-c1ccccc1. The standard InChI is InChI=1S/C15H7F5N2O/c16-11-10(12(17)14(19)15(20)13(11)18)8-6-9(23)22(21-8)7-4-2-1-3-5-7/h1-6,23H. The van der Waals surface area contributed by atoms with Gasteiger partial charge in [-0.2, -0.15) is 5.10 Å².